The fourth-order valence-electron chi connectivity index (χ4n) is 2.19. The highest BCUT2D eigenvalue weighted by atomic mass is 35.5. The summed E-state index contributed by atoms with van der Waals surface area (Å²) in [7, 11) is 0. The van der Waals surface area contributed by atoms with Crippen LogP contribution in [0.25, 0.3) is 0 Å². The third kappa shape index (κ3) is 3.74. The van der Waals surface area contributed by atoms with E-state index in [0.717, 1.165) is 36.6 Å². The summed E-state index contributed by atoms with van der Waals surface area (Å²) in [6, 6.07) is 7.56. The predicted octanol–water partition coefficient (Wildman–Crippen LogP) is 2.39. The molecule has 0 aromatic heterocycles. The van der Waals surface area contributed by atoms with E-state index < -0.39 is 0 Å². The van der Waals surface area contributed by atoms with Gasteiger partial charge < -0.3 is 5.11 Å². The largest absolute Gasteiger partial charge is 0.393 e. The highest BCUT2D eigenvalue weighted by molar-refractivity contribution is 6.30. The predicted molar refractivity (Wildman–Crippen MR) is 74.6 cm³/mol. The standard InChI is InChI=1S/C15H18ClNO/c1-12(18)14-8-10-17(11-14)9-2-3-13-4-6-15(16)7-5-13/h4-7,12,14,18H,8-11H2,1H3. The molecule has 1 aliphatic heterocycles. The number of hydrogen-bond acceptors (Lipinski definition) is 2. The summed E-state index contributed by atoms with van der Waals surface area (Å²) in [5, 5.41) is 10.3. The minimum Gasteiger partial charge on any atom is -0.393 e. The molecule has 2 nitrogen and oxygen atoms in total. The first kappa shape index (κ1) is 13.4. The number of aliphatic hydroxyl groups excluding tert-OH is 1. The molecule has 18 heavy (non-hydrogen) atoms. The van der Waals surface area contributed by atoms with Gasteiger partial charge in [0.1, 0.15) is 0 Å². The normalized spacial score (nSPS) is 21.4. The van der Waals surface area contributed by atoms with E-state index in [1.54, 1.807) is 0 Å². The van der Waals surface area contributed by atoms with Crippen molar-refractivity contribution in [3.63, 3.8) is 0 Å². The molecule has 2 atom stereocenters. The second-order valence-corrected chi connectivity index (χ2v) is 5.27. The van der Waals surface area contributed by atoms with E-state index in [2.05, 4.69) is 16.7 Å². The first-order valence-electron chi connectivity index (χ1n) is 6.30. The monoisotopic (exact) mass is 263 g/mol. The Labute approximate surface area is 114 Å². The Morgan fingerprint density at radius 1 is 1.44 bits per heavy atom. The Hall–Kier alpha value is -1.01. The molecular formula is C15H18ClNO. The van der Waals surface area contributed by atoms with Gasteiger partial charge in [0.05, 0.1) is 12.6 Å². The molecular weight excluding hydrogens is 246 g/mol. The van der Waals surface area contributed by atoms with Crippen molar-refractivity contribution in [1.82, 2.24) is 4.90 Å². The van der Waals surface area contributed by atoms with Crippen LogP contribution in [0.15, 0.2) is 24.3 Å². The summed E-state index contributed by atoms with van der Waals surface area (Å²) in [6.45, 7) is 4.62. The number of halogens is 1. The van der Waals surface area contributed by atoms with Crippen LogP contribution >= 0.6 is 11.6 Å². The van der Waals surface area contributed by atoms with Crippen molar-refractivity contribution < 1.29 is 5.11 Å². The lowest BCUT2D eigenvalue weighted by Gasteiger charge is -2.14. The van der Waals surface area contributed by atoms with Gasteiger partial charge in [0, 0.05) is 17.1 Å². The first-order valence-corrected chi connectivity index (χ1v) is 6.68. The van der Waals surface area contributed by atoms with Crippen LogP contribution < -0.4 is 0 Å². The third-order valence-electron chi connectivity index (χ3n) is 3.37. The summed E-state index contributed by atoms with van der Waals surface area (Å²) >= 11 is 5.81. The van der Waals surface area contributed by atoms with Crippen molar-refractivity contribution >= 4 is 11.6 Å². The Bertz CT molecular complexity index is 444. The van der Waals surface area contributed by atoms with Crippen LogP contribution in [0.2, 0.25) is 5.02 Å². The highest BCUT2D eigenvalue weighted by Gasteiger charge is 2.24. The molecule has 1 aromatic rings. The number of nitrogens with zero attached hydrogens (tertiary/aromatic N) is 1. The Morgan fingerprint density at radius 2 is 2.17 bits per heavy atom. The van der Waals surface area contributed by atoms with Crippen LogP contribution in [0.4, 0.5) is 0 Å². The Balaban J connectivity index is 1.84. The highest BCUT2D eigenvalue weighted by Crippen LogP contribution is 2.18. The molecule has 2 unspecified atom stereocenters. The number of likely N-dealkylation sites (tertiary alicyclic amines) is 1. The van der Waals surface area contributed by atoms with Gasteiger partial charge in [-0.2, -0.15) is 0 Å². The van der Waals surface area contributed by atoms with Crippen molar-refractivity contribution in [2.75, 3.05) is 19.6 Å². The molecule has 0 bridgehead atoms. The third-order valence-corrected chi connectivity index (χ3v) is 3.62. The molecule has 0 spiro atoms. The van der Waals surface area contributed by atoms with E-state index in [1.165, 1.54) is 0 Å². The molecule has 2 rings (SSSR count). The second-order valence-electron chi connectivity index (χ2n) is 4.83. The number of aliphatic hydroxyl groups is 1. The van der Waals surface area contributed by atoms with Gasteiger partial charge in [0.2, 0.25) is 0 Å². The summed E-state index contributed by atoms with van der Waals surface area (Å²) in [4.78, 5) is 2.29. The molecule has 0 aliphatic carbocycles. The molecule has 0 amide bonds. The van der Waals surface area contributed by atoms with Gasteiger partial charge in [-0.15, -0.1) is 0 Å². The Morgan fingerprint density at radius 3 is 2.78 bits per heavy atom. The zero-order valence-corrected chi connectivity index (χ0v) is 11.3. The molecule has 1 saturated heterocycles. The van der Waals surface area contributed by atoms with Gasteiger partial charge in [-0.05, 0) is 50.1 Å². The van der Waals surface area contributed by atoms with Crippen molar-refractivity contribution in [2.24, 2.45) is 5.92 Å². The van der Waals surface area contributed by atoms with E-state index in [-0.39, 0.29) is 6.10 Å². The van der Waals surface area contributed by atoms with Crippen LogP contribution in [0, 0.1) is 17.8 Å². The van der Waals surface area contributed by atoms with Gasteiger partial charge in [0.25, 0.3) is 0 Å². The quantitative estimate of drug-likeness (QED) is 0.829. The van der Waals surface area contributed by atoms with Crippen LogP contribution in [0.5, 0.6) is 0 Å². The molecule has 96 valence electrons. The van der Waals surface area contributed by atoms with Gasteiger partial charge in [-0.1, -0.05) is 23.4 Å². The van der Waals surface area contributed by atoms with Crippen LogP contribution in [0.1, 0.15) is 18.9 Å². The maximum Gasteiger partial charge on any atom is 0.0605 e. The Kier molecular flexibility index (Phi) is 4.66. The first-order chi connectivity index (χ1) is 8.65. The number of hydrogen-bond donors (Lipinski definition) is 1. The van der Waals surface area contributed by atoms with Gasteiger partial charge in [0.15, 0.2) is 0 Å². The molecule has 1 N–H and O–H groups in total. The van der Waals surface area contributed by atoms with Crippen LogP contribution in [-0.2, 0) is 0 Å². The fraction of sp³-hybridized carbons (Fsp3) is 0.467. The molecule has 1 fully saturated rings. The smallest absolute Gasteiger partial charge is 0.0605 e. The van der Waals surface area contributed by atoms with Crippen molar-refractivity contribution in [3.8, 4) is 11.8 Å². The number of benzene rings is 1. The average molecular weight is 264 g/mol. The second kappa shape index (κ2) is 6.24. The van der Waals surface area contributed by atoms with Gasteiger partial charge in [-0.3, -0.25) is 4.90 Å². The molecule has 0 saturated carbocycles. The minimum absolute atomic E-state index is 0.209. The van der Waals surface area contributed by atoms with E-state index in [4.69, 9.17) is 11.6 Å². The van der Waals surface area contributed by atoms with Crippen LogP contribution in [0.3, 0.4) is 0 Å². The topological polar surface area (TPSA) is 23.5 Å². The lowest BCUT2D eigenvalue weighted by molar-refractivity contribution is 0.129. The summed E-state index contributed by atoms with van der Waals surface area (Å²) in [5.41, 5.74) is 0.991. The van der Waals surface area contributed by atoms with E-state index in [1.807, 2.05) is 31.2 Å². The molecule has 1 heterocycles. The summed E-state index contributed by atoms with van der Waals surface area (Å²) in [6.07, 6.45) is 0.861. The van der Waals surface area contributed by atoms with Crippen molar-refractivity contribution in [3.05, 3.63) is 34.9 Å². The zero-order chi connectivity index (χ0) is 13.0. The molecule has 1 aromatic carbocycles. The zero-order valence-electron chi connectivity index (χ0n) is 10.6. The average Bonchev–Trinajstić information content (AvgIpc) is 2.81. The molecule has 1 aliphatic rings. The van der Waals surface area contributed by atoms with Gasteiger partial charge >= 0.3 is 0 Å². The van der Waals surface area contributed by atoms with Crippen molar-refractivity contribution in [2.45, 2.75) is 19.4 Å². The van der Waals surface area contributed by atoms with Crippen molar-refractivity contribution in [1.29, 1.82) is 0 Å². The molecule has 3 heteroatoms. The van der Waals surface area contributed by atoms with E-state index in [0.29, 0.717) is 5.92 Å². The van der Waals surface area contributed by atoms with Gasteiger partial charge in [-0.25, -0.2) is 0 Å². The van der Waals surface area contributed by atoms with E-state index in [9.17, 15) is 5.11 Å². The minimum atomic E-state index is -0.209. The maximum absolute atomic E-state index is 9.52. The maximum atomic E-state index is 9.52. The lowest BCUT2D eigenvalue weighted by Crippen LogP contribution is -2.24. The SMILES string of the molecule is CC(O)C1CCN(CC#Cc2ccc(Cl)cc2)C1. The summed E-state index contributed by atoms with van der Waals surface area (Å²) in [5.74, 6) is 6.71. The lowest BCUT2D eigenvalue weighted by atomic mass is 10.0. The van der Waals surface area contributed by atoms with Crippen LogP contribution in [-0.4, -0.2) is 35.7 Å². The number of rotatable bonds is 2. The molecule has 0 radical (unpaired) electrons. The van der Waals surface area contributed by atoms with E-state index >= 15 is 0 Å². The fourth-order valence-corrected chi connectivity index (χ4v) is 2.31. The summed E-state index contributed by atoms with van der Waals surface area (Å²) < 4.78 is 0.